The number of carbonyl (C=O) groups is 1. The van der Waals surface area contributed by atoms with Crippen LogP contribution >= 0.6 is 11.8 Å². The molecule has 0 radical (unpaired) electrons. The molecule has 0 aliphatic heterocycles. The fourth-order valence-corrected chi connectivity index (χ4v) is 3.14. The van der Waals surface area contributed by atoms with Crippen LogP contribution in [0.4, 0.5) is 0 Å². The van der Waals surface area contributed by atoms with Gasteiger partial charge in [0, 0.05) is 12.5 Å². The Morgan fingerprint density at radius 1 is 1.38 bits per heavy atom. The molecule has 0 bridgehead atoms. The number of nitrogens with zero attached hydrogens (tertiary/aromatic N) is 2. The molecule has 1 aromatic heterocycles. The first kappa shape index (κ1) is 16.3. The number of hydrogen-bond donors (Lipinski definition) is 2. The standard InChI is InChI=1S/C15H26N4OS/c1-10(2)11(3)16-14(20)9-21-15-17-13(18-19-15)8-12-6-4-5-7-12/h10-12H,4-9H2,1-3H3,(H,16,20)(H,17,18,19)/t11-/m0/s1. The molecule has 2 N–H and O–H groups in total. The average molecular weight is 310 g/mol. The van der Waals surface area contributed by atoms with Gasteiger partial charge in [0.25, 0.3) is 0 Å². The lowest BCUT2D eigenvalue weighted by Gasteiger charge is -2.16. The van der Waals surface area contributed by atoms with Gasteiger partial charge in [-0.15, -0.1) is 5.10 Å². The number of rotatable bonds is 7. The first-order valence-electron chi connectivity index (χ1n) is 7.88. The Bertz CT molecular complexity index is 454. The van der Waals surface area contributed by atoms with Crippen molar-refractivity contribution in [3.8, 4) is 0 Å². The molecular weight excluding hydrogens is 284 g/mol. The summed E-state index contributed by atoms with van der Waals surface area (Å²) in [6, 6.07) is 0.197. The molecule has 1 fully saturated rings. The van der Waals surface area contributed by atoms with Gasteiger partial charge >= 0.3 is 0 Å². The van der Waals surface area contributed by atoms with Crippen molar-refractivity contribution in [2.45, 2.75) is 64.1 Å². The summed E-state index contributed by atoms with van der Waals surface area (Å²) in [5.74, 6) is 2.58. The van der Waals surface area contributed by atoms with Crippen molar-refractivity contribution in [3.63, 3.8) is 0 Å². The second kappa shape index (κ2) is 7.82. The van der Waals surface area contributed by atoms with E-state index in [0.717, 1.165) is 18.2 Å². The molecule has 5 nitrogen and oxygen atoms in total. The molecular formula is C15H26N4OS. The smallest absolute Gasteiger partial charge is 0.230 e. The molecule has 1 amide bonds. The van der Waals surface area contributed by atoms with Crippen molar-refractivity contribution in [1.82, 2.24) is 20.5 Å². The minimum Gasteiger partial charge on any atom is -0.353 e. The second-order valence-electron chi connectivity index (χ2n) is 6.31. The number of hydrogen-bond acceptors (Lipinski definition) is 4. The van der Waals surface area contributed by atoms with Gasteiger partial charge in [-0.05, 0) is 18.8 Å². The highest BCUT2D eigenvalue weighted by Gasteiger charge is 2.18. The molecule has 0 aromatic carbocycles. The lowest BCUT2D eigenvalue weighted by Crippen LogP contribution is -2.37. The number of thioether (sulfide) groups is 1. The Morgan fingerprint density at radius 3 is 2.76 bits per heavy atom. The normalized spacial score (nSPS) is 17.3. The predicted octanol–water partition coefficient (Wildman–Crippen LogP) is 2.79. The fourth-order valence-electron chi connectivity index (χ4n) is 2.51. The van der Waals surface area contributed by atoms with Crippen LogP contribution in [0, 0.1) is 11.8 Å². The Labute approximate surface area is 131 Å². The summed E-state index contributed by atoms with van der Waals surface area (Å²) in [7, 11) is 0. The van der Waals surface area contributed by atoms with Crippen LogP contribution in [0.5, 0.6) is 0 Å². The largest absolute Gasteiger partial charge is 0.353 e. The summed E-state index contributed by atoms with van der Waals surface area (Å²) in [6.07, 6.45) is 6.28. The SMILES string of the molecule is CC(C)[C@H](C)NC(=O)CSc1n[nH]c(CC2CCCC2)n1. The van der Waals surface area contributed by atoms with E-state index in [1.165, 1.54) is 37.4 Å². The first-order chi connectivity index (χ1) is 10.0. The van der Waals surface area contributed by atoms with E-state index in [1.807, 2.05) is 6.92 Å². The third kappa shape index (κ3) is 5.34. The van der Waals surface area contributed by atoms with E-state index in [0.29, 0.717) is 16.8 Å². The minimum absolute atomic E-state index is 0.0448. The molecule has 118 valence electrons. The Balaban J connectivity index is 1.73. The molecule has 1 aliphatic rings. The van der Waals surface area contributed by atoms with Crippen LogP contribution in [-0.2, 0) is 11.2 Å². The monoisotopic (exact) mass is 310 g/mol. The quantitative estimate of drug-likeness (QED) is 0.760. The molecule has 0 spiro atoms. The molecule has 21 heavy (non-hydrogen) atoms. The maximum atomic E-state index is 11.8. The molecule has 6 heteroatoms. The van der Waals surface area contributed by atoms with Gasteiger partial charge in [-0.25, -0.2) is 4.98 Å². The van der Waals surface area contributed by atoms with E-state index < -0.39 is 0 Å². The first-order valence-corrected chi connectivity index (χ1v) is 8.86. The van der Waals surface area contributed by atoms with E-state index in [4.69, 9.17) is 0 Å². The van der Waals surface area contributed by atoms with Crippen LogP contribution in [0.1, 0.15) is 52.3 Å². The van der Waals surface area contributed by atoms with Gasteiger partial charge in [0.2, 0.25) is 11.1 Å². The Kier molecular flexibility index (Phi) is 6.08. The van der Waals surface area contributed by atoms with Crippen LogP contribution in [0.3, 0.4) is 0 Å². The van der Waals surface area contributed by atoms with Gasteiger partial charge in [0.05, 0.1) is 5.75 Å². The van der Waals surface area contributed by atoms with Crippen molar-refractivity contribution in [3.05, 3.63) is 5.82 Å². The number of aromatic amines is 1. The lowest BCUT2D eigenvalue weighted by atomic mass is 10.0. The van der Waals surface area contributed by atoms with E-state index in [1.54, 1.807) is 0 Å². The van der Waals surface area contributed by atoms with Crippen LogP contribution in [0.2, 0.25) is 0 Å². The maximum Gasteiger partial charge on any atom is 0.230 e. The number of amides is 1. The van der Waals surface area contributed by atoms with Gasteiger partial charge in [0.1, 0.15) is 5.82 Å². The van der Waals surface area contributed by atoms with Crippen molar-refractivity contribution in [2.24, 2.45) is 11.8 Å². The fraction of sp³-hybridized carbons (Fsp3) is 0.800. The third-order valence-corrected chi connectivity index (χ3v) is 5.04. The summed E-state index contributed by atoms with van der Waals surface area (Å²) in [6.45, 7) is 6.23. The van der Waals surface area contributed by atoms with Crippen molar-refractivity contribution >= 4 is 17.7 Å². The second-order valence-corrected chi connectivity index (χ2v) is 7.25. The van der Waals surface area contributed by atoms with E-state index in [9.17, 15) is 4.79 Å². The summed E-state index contributed by atoms with van der Waals surface area (Å²) < 4.78 is 0. The number of nitrogens with one attached hydrogen (secondary N) is 2. The van der Waals surface area contributed by atoms with Crippen LogP contribution in [0.15, 0.2) is 5.16 Å². The van der Waals surface area contributed by atoms with E-state index in [2.05, 4.69) is 34.3 Å². The Morgan fingerprint density at radius 2 is 2.10 bits per heavy atom. The van der Waals surface area contributed by atoms with Gasteiger partial charge in [-0.2, -0.15) is 0 Å². The molecule has 1 aliphatic carbocycles. The van der Waals surface area contributed by atoms with Crippen LogP contribution in [0.25, 0.3) is 0 Å². The number of aromatic nitrogens is 3. The van der Waals surface area contributed by atoms with E-state index in [-0.39, 0.29) is 11.9 Å². The minimum atomic E-state index is 0.0448. The highest BCUT2D eigenvalue weighted by molar-refractivity contribution is 7.99. The highest BCUT2D eigenvalue weighted by atomic mass is 32.2. The summed E-state index contributed by atoms with van der Waals surface area (Å²) in [5, 5.41) is 10.9. The number of carbonyl (C=O) groups excluding carboxylic acids is 1. The van der Waals surface area contributed by atoms with Gasteiger partial charge in [0.15, 0.2) is 0 Å². The van der Waals surface area contributed by atoms with Crippen molar-refractivity contribution in [1.29, 1.82) is 0 Å². The zero-order chi connectivity index (χ0) is 15.2. The third-order valence-electron chi connectivity index (χ3n) is 4.19. The van der Waals surface area contributed by atoms with Crippen LogP contribution in [-0.4, -0.2) is 32.9 Å². The van der Waals surface area contributed by atoms with Gasteiger partial charge in [-0.1, -0.05) is 51.3 Å². The summed E-state index contributed by atoms with van der Waals surface area (Å²) in [5.41, 5.74) is 0. The molecule has 0 unspecified atom stereocenters. The molecule has 1 heterocycles. The molecule has 1 saturated carbocycles. The van der Waals surface area contributed by atoms with Crippen molar-refractivity contribution in [2.75, 3.05) is 5.75 Å². The molecule has 2 rings (SSSR count). The zero-order valence-corrected chi connectivity index (χ0v) is 14.0. The van der Waals surface area contributed by atoms with E-state index >= 15 is 0 Å². The van der Waals surface area contributed by atoms with Crippen LogP contribution < -0.4 is 5.32 Å². The lowest BCUT2D eigenvalue weighted by molar-refractivity contribution is -0.119. The zero-order valence-electron chi connectivity index (χ0n) is 13.2. The van der Waals surface area contributed by atoms with Gasteiger partial charge in [-0.3, -0.25) is 9.89 Å². The molecule has 1 atom stereocenters. The topological polar surface area (TPSA) is 70.7 Å². The maximum absolute atomic E-state index is 11.8. The van der Waals surface area contributed by atoms with Crippen molar-refractivity contribution < 1.29 is 4.79 Å². The average Bonchev–Trinajstić information content (AvgIpc) is 3.08. The predicted molar refractivity (Wildman–Crippen MR) is 85.2 cm³/mol. The molecule has 0 saturated heterocycles. The molecule has 1 aromatic rings. The van der Waals surface area contributed by atoms with Gasteiger partial charge < -0.3 is 5.32 Å². The Hall–Kier alpha value is -1.04. The summed E-state index contributed by atoms with van der Waals surface area (Å²) >= 11 is 1.40. The highest BCUT2D eigenvalue weighted by Crippen LogP contribution is 2.27. The number of H-pyrrole nitrogens is 1. The summed E-state index contributed by atoms with van der Waals surface area (Å²) in [4.78, 5) is 16.3.